The van der Waals surface area contributed by atoms with Crippen LogP contribution in [0, 0.1) is 10.8 Å². The second-order valence-corrected chi connectivity index (χ2v) is 8.83. The number of fused-ring (bicyclic) bond motifs is 3. The second kappa shape index (κ2) is 7.46. The minimum absolute atomic E-state index is 0.317. The Hall–Kier alpha value is -3.64. The first-order chi connectivity index (χ1) is 15.8. The number of hydrogen-bond donors (Lipinski definition) is 1. The minimum atomic E-state index is -1.70. The van der Waals surface area contributed by atoms with Gasteiger partial charge in [-0.2, -0.15) is 0 Å². The third kappa shape index (κ3) is 2.91. The van der Waals surface area contributed by atoms with Crippen molar-refractivity contribution >= 4 is 34.9 Å². The summed E-state index contributed by atoms with van der Waals surface area (Å²) in [6.07, 6.45) is 0. The maximum Gasteiger partial charge on any atom is 0.328 e. The number of esters is 1. The molecule has 1 heterocycles. The van der Waals surface area contributed by atoms with Gasteiger partial charge in [0.2, 0.25) is 5.91 Å². The highest BCUT2D eigenvalue weighted by Crippen LogP contribution is 2.78. The normalized spacial score (nSPS) is 24.7. The van der Waals surface area contributed by atoms with Crippen molar-refractivity contribution in [2.24, 2.45) is 10.8 Å². The van der Waals surface area contributed by atoms with E-state index < -0.39 is 28.6 Å². The maximum atomic E-state index is 13.8. The van der Waals surface area contributed by atoms with Crippen LogP contribution in [0.25, 0.3) is 0 Å². The second-order valence-electron chi connectivity index (χ2n) is 8.39. The summed E-state index contributed by atoms with van der Waals surface area (Å²) in [7, 11) is 1.55. The Morgan fingerprint density at radius 3 is 2.33 bits per heavy atom. The Morgan fingerprint density at radius 1 is 1.00 bits per heavy atom. The molecule has 3 aromatic carbocycles. The number of ether oxygens (including phenoxy) is 2. The molecule has 1 saturated carbocycles. The Kier molecular flexibility index (Phi) is 4.79. The van der Waals surface area contributed by atoms with Crippen molar-refractivity contribution in [2.75, 3.05) is 12.4 Å². The Balaban J connectivity index is 1.60. The van der Waals surface area contributed by atoms with Gasteiger partial charge in [-0.25, -0.2) is 0 Å². The van der Waals surface area contributed by atoms with E-state index in [1.807, 2.05) is 0 Å². The summed E-state index contributed by atoms with van der Waals surface area (Å²) in [5.74, 6) is -1.30. The summed E-state index contributed by atoms with van der Waals surface area (Å²) in [6.45, 7) is 1.66. The van der Waals surface area contributed by atoms with Gasteiger partial charge in [0.1, 0.15) is 11.5 Å². The first-order valence-corrected chi connectivity index (χ1v) is 10.8. The lowest BCUT2D eigenvalue weighted by Crippen LogP contribution is -2.42. The van der Waals surface area contributed by atoms with Gasteiger partial charge in [-0.1, -0.05) is 29.8 Å². The molecule has 2 aliphatic rings. The van der Waals surface area contributed by atoms with Crippen molar-refractivity contribution in [1.29, 1.82) is 0 Å². The number of carbonyl (C=O) groups excluding carboxylic acids is 3. The van der Waals surface area contributed by atoms with Gasteiger partial charge in [-0.3, -0.25) is 14.4 Å². The fraction of sp³-hybridized carbons (Fsp3) is 0.192. The summed E-state index contributed by atoms with van der Waals surface area (Å²) < 4.78 is 10.7. The number of rotatable bonds is 5. The quantitative estimate of drug-likeness (QED) is 0.253. The summed E-state index contributed by atoms with van der Waals surface area (Å²) >= 11 is 5.99. The van der Waals surface area contributed by atoms with Crippen LogP contribution in [0.5, 0.6) is 11.5 Å². The molecule has 3 aromatic rings. The molecule has 1 aliphatic carbocycles. The first kappa shape index (κ1) is 21.2. The number of para-hydroxylation sites is 1. The average Bonchev–Trinajstić information content (AvgIpc) is 3.43. The molecule has 0 aromatic heterocycles. The van der Waals surface area contributed by atoms with E-state index in [-0.39, 0.29) is 5.78 Å². The number of benzene rings is 3. The molecular weight excluding hydrogens is 442 g/mol. The van der Waals surface area contributed by atoms with Crippen molar-refractivity contribution < 1.29 is 23.9 Å². The molecule has 7 heteroatoms. The number of hydrogen-bond acceptors (Lipinski definition) is 5. The molecule has 166 valence electrons. The molecule has 0 radical (unpaired) electrons. The van der Waals surface area contributed by atoms with Gasteiger partial charge < -0.3 is 14.8 Å². The van der Waals surface area contributed by atoms with Crippen LogP contribution in [0.15, 0.2) is 72.8 Å². The van der Waals surface area contributed by atoms with Crippen LogP contribution in [-0.2, 0) is 9.59 Å². The van der Waals surface area contributed by atoms with Crippen molar-refractivity contribution in [1.82, 2.24) is 0 Å². The van der Waals surface area contributed by atoms with E-state index in [0.29, 0.717) is 33.3 Å². The molecule has 1 aliphatic heterocycles. The van der Waals surface area contributed by atoms with Crippen LogP contribution in [-0.4, -0.2) is 24.8 Å². The molecule has 33 heavy (non-hydrogen) atoms. The van der Waals surface area contributed by atoms with Crippen molar-refractivity contribution in [2.45, 2.75) is 12.8 Å². The Morgan fingerprint density at radius 2 is 1.67 bits per heavy atom. The van der Waals surface area contributed by atoms with Crippen LogP contribution in [0.3, 0.4) is 0 Å². The van der Waals surface area contributed by atoms with Gasteiger partial charge in [-0.15, -0.1) is 0 Å². The van der Waals surface area contributed by atoms with E-state index in [4.69, 9.17) is 21.1 Å². The van der Waals surface area contributed by atoms with Gasteiger partial charge in [0.15, 0.2) is 11.2 Å². The topological polar surface area (TPSA) is 81.7 Å². The number of Topliss-reactive ketones (excluding diaryl/α,β-unsaturated/α-hetero) is 1. The van der Waals surface area contributed by atoms with Crippen LogP contribution < -0.4 is 14.8 Å². The highest BCUT2D eigenvalue weighted by molar-refractivity contribution is 6.30. The zero-order valence-corrected chi connectivity index (χ0v) is 18.7. The van der Waals surface area contributed by atoms with Crippen molar-refractivity contribution in [3.63, 3.8) is 0 Å². The molecule has 1 fully saturated rings. The van der Waals surface area contributed by atoms with E-state index in [2.05, 4.69) is 5.32 Å². The lowest BCUT2D eigenvalue weighted by atomic mass is 9.86. The summed E-state index contributed by atoms with van der Waals surface area (Å²) in [5, 5.41) is 3.30. The number of carbonyl (C=O) groups is 3. The predicted molar refractivity (Wildman–Crippen MR) is 123 cm³/mol. The number of ketones is 1. The molecule has 3 atom stereocenters. The molecule has 1 N–H and O–H groups in total. The number of halogens is 1. The van der Waals surface area contributed by atoms with E-state index in [1.54, 1.807) is 86.8 Å². The van der Waals surface area contributed by atoms with E-state index in [1.165, 1.54) is 0 Å². The lowest BCUT2D eigenvalue weighted by Gasteiger charge is -2.23. The van der Waals surface area contributed by atoms with Crippen LogP contribution >= 0.6 is 11.6 Å². The van der Waals surface area contributed by atoms with E-state index in [9.17, 15) is 14.4 Å². The Labute approximate surface area is 195 Å². The average molecular weight is 462 g/mol. The highest BCUT2D eigenvalue weighted by atomic mass is 35.5. The van der Waals surface area contributed by atoms with Crippen LogP contribution in [0.2, 0.25) is 5.02 Å². The predicted octanol–water partition coefficient (Wildman–Crippen LogP) is 4.88. The lowest BCUT2D eigenvalue weighted by molar-refractivity contribution is -0.147. The summed E-state index contributed by atoms with van der Waals surface area (Å²) in [6, 6.07) is 20.2. The monoisotopic (exact) mass is 461 g/mol. The smallest absolute Gasteiger partial charge is 0.328 e. The fourth-order valence-electron chi connectivity index (χ4n) is 5.06. The molecule has 0 unspecified atom stereocenters. The van der Waals surface area contributed by atoms with Crippen LogP contribution in [0.4, 0.5) is 5.69 Å². The van der Waals surface area contributed by atoms with Gasteiger partial charge in [0.05, 0.1) is 12.5 Å². The zero-order chi connectivity index (χ0) is 23.4. The minimum Gasteiger partial charge on any atom is -0.497 e. The fourth-order valence-corrected chi connectivity index (χ4v) is 5.19. The number of anilines is 1. The first-order valence-electron chi connectivity index (χ1n) is 10.4. The zero-order valence-electron chi connectivity index (χ0n) is 17.9. The molecule has 1 amide bonds. The highest BCUT2D eigenvalue weighted by Gasteiger charge is 2.88. The third-order valence-corrected chi connectivity index (χ3v) is 7.04. The summed E-state index contributed by atoms with van der Waals surface area (Å²) in [4.78, 5) is 40.8. The third-order valence-electron chi connectivity index (χ3n) is 6.78. The molecule has 6 nitrogen and oxygen atoms in total. The number of methoxy groups -OCH3 is 1. The van der Waals surface area contributed by atoms with Gasteiger partial charge in [-0.05, 0) is 61.5 Å². The van der Waals surface area contributed by atoms with Crippen LogP contribution in [0.1, 0.15) is 28.8 Å². The molecule has 0 bridgehead atoms. The largest absolute Gasteiger partial charge is 0.497 e. The van der Waals surface area contributed by atoms with Gasteiger partial charge in [0, 0.05) is 27.8 Å². The Bertz CT molecular complexity index is 1290. The standard InChI is InChI=1S/C26H20ClNO5/c1-25(22(29)15-7-9-16(27)10-8-15)21-19-5-3-4-6-20(19)33-24(31)26(21,25)23(30)28-17-11-13-18(32-2)14-12-17/h3-14,21H,1-2H3,(H,28,30)/t21-,25+,26-/m1/s1. The van der Waals surface area contributed by atoms with Crippen molar-refractivity contribution in [3.8, 4) is 11.5 Å². The summed E-state index contributed by atoms with van der Waals surface area (Å²) in [5.41, 5.74) is -1.52. The maximum absolute atomic E-state index is 13.8. The SMILES string of the molecule is COc1ccc(NC(=O)[C@@]23C(=O)Oc4ccccc4[C@@H]2[C@@]3(C)C(=O)c2ccc(Cl)cc2)cc1. The molecule has 5 rings (SSSR count). The number of nitrogens with one attached hydrogen (secondary N) is 1. The molecule has 0 saturated heterocycles. The molecular formula is C26H20ClNO5. The molecule has 0 spiro atoms. The van der Waals surface area contributed by atoms with Gasteiger partial charge >= 0.3 is 5.97 Å². The van der Waals surface area contributed by atoms with Gasteiger partial charge in [0.25, 0.3) is 0 Å². The van der Waals surface area contributed by atoms with Crippen molar-refractivity contribution in [3.05, 3.63) is 88.9 Å². The number of amides is 1. The van der Waals surface area contributed by atoms with E-state index >= 15 is 0 Å². The van der Waals surface area contributed by atoms with E-state index in [0.717, 1.165) is 0 Å².